The molecular weight excluding hydrogens is 269 g/mol. The smallest absolute Gasteiger partial charge is 0.416 e. The Hall–Kier alpha value is -2.24. The number of methoxy groups -OCH3 is 1. The van der Waals surface area contributed by atoms with Crippen molar-refractivity contribution in [1.29, 1.82) is 0 Å². The van der Waals surface area contributed by atoms with Crippen LogP contribution in [0.5, 0.6) is 5.75 Å². The minimum absolute atomic E-state index is 0.387. The lowest BCUT2D eigenvalue weighted by atomic mass is 10.1. The van der Waals surface area contributed by atoms with Gasteiger partial charge in [-0.3, -0.25) is 0 Å². The lowest BCUT2D eigenvalue weighted by Crippen LogP contribution is -2.06. The third-order valence-corrected chi connectivity index (χ3v) is 2.72. The van der Waals surface area contributed by atoms with Crippen LogP contribution in [-0.4, -0.2) is 12.1 Å². The van der Waals surface area contributed by atoms with E-state index in [-0.39, 0.29) is 0 Å². The first-order valence-electron chi connectivity index (χ1n) is 5.89. The lowest BCUT2D eigenvalue weighted by Gasteiger charge is -2.09. The van der Waals surface area contributed by atoms with Crippen molar-refractivity contribution >= 4 is 5.82 Å². The molecular formula is C14H13F3N2O. The predicted molar refractivity (Wildman–Crippen MR) is 69.6 cm³/mol. The van der Waals surface area contributed by atoms with E-state index in [1.165, 1.54) is 12.1 Å². The van der Waals surface area contributed by atoms with Gasteiger partial charge >= 0.3 is 6.18 Å². The molecule has 6 heteroatoms. The van der Waals surface area contributed by atoms with Gasteiger partial charge < -0.3 is 10.1 Å². The van der Waals surface area contributed by atoms with E-state index in [1.807, 2.05) is 0 Å². The van der Waals surface area contributed by atoms with Gasteiger partial charge in [0.2, 0.25) is 0 Å². The third kappa shape index (κ3) is 3.63. The second-order valence-corrected chi connectivity index (χ2v) is 4.13. The lowest BCUT2D eigenvalue weighted by molar-refractivity contribution is -0.137. The minimum Gasteiger partial charge on any atom is -0.497 e. The largest absolute Gasteiger partial charge is 0.497 e. The van der Waals surface area contributed by atoms with E-state index in [4.69, 9.17) is 4.74 Å². The van der Waals surface area contributed by atoms with Crippen LogP contribution in [0.25, 0.3) is 0 Å². The second kappa shape index (κ2) is 5.81. The third-order valence-electron chi connectivity index (χ3n) is 2.72. The zero-order valence-corrected chi connectivity index (χ0v) is 10.7. The number of hydrogen-bond donors (Lipinski definition) is 1. The van der Waals surface area contributed by atoms with Crippen LogP contribution in [0, 0.1) is 0 Å². The van der Waals surface area contributed by atoms with E-state index >= 15 is 0 Å². The Morgan fingerprint density at radius 2 is 1.85 bits per heavy atom. The molecule has 1 N–H and O–H groups in total. The first-order chi connectivity index (χ1) is 9.49. The molecule has 3 nitrogen and oxygen atoms in total. The van der Waals surface area contributed by atoms with Crippen LogP contribution in [0.3, 0.4) is 0 Å². The number of nitrogens with one attached hydrogen (secondary N) is 1. The summed E-state index contributed by atoms with van der Waals surface area (Å²) in [6, 6.07) is 8.44. The molecule has 0 fully saturated rings. The Morgan fingerprint density at radius 3 is 2.45 bits per heavy atom. The fourth-order valence-corrected chi connectivity index (χ4v) is 1.64. The summed E-state index contributed by atoms with van der Waals surface area (Å²) in [5.41, 5.74) is 0.0865. The van der Waals surface area contributed by atoms with Gasteiger partial charge in [0.15, 0.2) is 0 Å². The Morgan fingerprint density at radius 1 is 1.15 bits per heavy atom. The number of anilines is 1. The van der Waals surface area contributed by atoms with Crippen molar-refractivity contribution in [2.45, 2.75) is 12.7 Å². The standard InChI is InChI=1S/C14H13F3N2O/c1-20-12-6-7-18-13(8-12)19-9-10-2-4-11(5-3-10)14(15,16)17/h2-8H,9H2,1H3,(H,18,19). The van der Waals surface area contributed by atoms with Crippen molar-refractivity contribution in [3.05, 3.63) is 53.7 Å². The van der Waals surface area contributed by atoms with Crippen LogP contribution in [0.15, 0.2) is 42.6 Å². The van der Waals surface area contributed by atoms with Crippen LogP contribution >= 0.6 is 0 Å². The molecule has 1 heterocycles. The summed E-state index contributed by atoms with van der Waals surface area (Å²) in [5, 5.41) is 3.02. The maximum Gasteiger partial charge on any atom is 0.416 e. The summed E-state index contributed by atoms with van der Waals surface area (Å²) in [5.74, 6) is 1.26. The van der Waals surface area contributed by atoms with Crippen LogP contribution < -0.4 is 10.1 Å². The molecule has 2 rings (SSSR count). The van der Waals surface area contributed by atoms with Gasteiger partial charge in [0.1, 0.15) is 11.6 Å². The van der Waals surface area contributed by atoms with Crippen molar-refractivity contribution in [3.63, 3.8) is 0 Å². The van der Waals surface area contributed by atoms with Gasteiger partial charge in [0, 0.05) is 18.8 Å². The normalized spacial score (nSPS) is 11.2. The second-order valence-electron chi connectivity index (χ2n) is 4.13. The Bertz CT molecular complexity index is 567. The summed E-state index contributed by atoms with van der Waals surface area (Å²) < 4.78 is 42.3. The Balaban J connectivity index is 2.00. The van der Waals surface area contributed by atoms with Crippen LogP contribution in [-0.2, 0) is 12.7 Å². The number of ether oxygens (including phenoxy) is 1. The number of nitrogens with zero attached hydrogens (tertiary/aromatic N) is 1. The molecule has 0 atom stereocenters. The summed E-state index contributed by atoms with van der Waals surface area (Å²) >= 11 is 0. The van der Waals surface area contributed by atoms with E-state index in [2.05, 4.69) is 10.3 Å². The molecule has 0 unspecified atom stereocenters. The van der Waals surface area contributed by atoms with Crippen molar-refractivity contribution in [2.24, 2.45) is 0 Å². The van der Waals surface area contributed by atoms with E-state index in [0.717, 1.165) is 17.7 Å². The number of pyridine rings is 1. The molecule has 2 aromatic rings. The number of halogens is 3. The SMILES string of the molecule is COc1ccnc(NCc2ccc(C(F)(F)F)cc2)c1. The highest BCUT2D eigenvalue weighted by atomic mass is 19.4. The fraction of sp³-hybridized carbons (Fsp3) is 0.214. The summed E-state index contributed by atoms with van der Waals surface area (Å²) in [7, 11) is 1.55. The maximum absolute atomic E-state index is 12.4. The molecule has 0 radical (unpaired) electrons. The van der Waals surface area contributed by atoms with Gasteiger partial charge in [-0.2, -0.15) is 13.2 Å². The van der Waals surface area contributed by atoms with E-state index in [0.29, 0.717) is 18.1 Å². The first kappa shape index (κ1) is 14.2. The highest BCUT2D eigenvalue weighted by Gasteiger charge is 2.29. The summed E-state index contributed by atoms with van der Waals surface area (Å²) in [4.78, 5) is 4.09. The number of rotatable bonds is 4. The van der Waals surface area contributed by atoms with Gasteiger partial charge in [-0.25, -0.2) is 4.98 Å². The van der Waals surface area contributed by atoms with E-state index in [1.54, 1.807) is 25.4 Å². The van der Waals surface area contributed by atoms with E-state index in [9.17, 15) is 13.2 Å². The number of alkyl halides is 3. The molecule has 0 saturated carbocycles. The zero-order chi connectivity index (χ0) is 14.6. The van der Waals surface area contributed by atoms with Crippen molar-refractivity contribution < 1.29 is 17.9 Å². The van der Waals surface area contributed by atoms with Crippen LogP contribution in [0.1, 0.15) is 11.1 Å². The molecule has 0 saturated heterocycles. The molecule has 106 valence electrons. The Kier molecular flexibility index (Phi) is 4.12. The summed E-state index contributed by atoms with van der Waals surface area (Å²) in [6.45, 7) is 0.387. The highest BCUT2D eigenvalue weighted by molar-refractivity contribution is 5.41. The Labute approximate surface area is 114 Å². The molecule has 0 aliphatic heterocycles. The van der Waals surface area contributed by atoms with Crippen LogP contribution in [0.2, 0.25) is 0 Å². The maximum atomic E-state index is 12.4. The number of hydrogen-bond acceptors (Lipinski definition) is 3. The molecule has 0 aliphatic carbocycles. The average molecular weight is 282 g/mol. The molecule has 1 aromatic heterocycles. The summed E-state index contributed by atoms with van der Waals surface area (Å²) in [6.07, 6.45) is -2.71. The minimum atomic E-state index is -4.31. The quantitative estimate of drug-likeness (QED) is 0.928. The fourth-order valence-electron chi connectivity index (χ4n) is 1.64. The van der Waals surface area contributed by atoms with Gasteiger partial charge in [-0.15, -0.1) is 0 Å². The number of aromatic nitrogens is 1. The van der Waals surface area contributed by atoms with E-state index < -0.39 is 11.7 Å². The van der Waals surface area contributed by atoms with Crippen molar-refractivity contribution in [3.8, 4) is 5.75 Å². The molecule has 20 heavy (non-hydrogen) atoms. The van der Waals surface area contributed by atoms with Gasteiger partial charge in [-0.05, 0) is 23.8 Å². The van der Waals surface area contributed by atoms with Crippen LogP contribution in [0.4, 0.5) is 19.0 Å². The van der Waals surface area contributed by atoms with Gasteiger partial charge in [0.25, 0.3) is 0 Å². The van der Waals surface area contributed by atoms with Gasteiger partial charge in [0.05, 0.1) is 12.7 Å². The zero-order valence-electron chi connectivity index (χ0n) is 10.7. The number of benzene rings is 1. The monoisotopic (exact) mass is 282 g/mol. The first-order valence-corrected chi connectivity index (χ1v) is 5.89. The molecule has 0 spiro atoms. The van der Waals surface area contributed by atoms with Crippen molar-refractivity contribution in [2.75, 3.05) is 12.4 Å². The molecule has 0 bridgehead atoms. The topological polar surface area (TPSA) is 34.1 Å². The molecule has 1 aromatic carbocycles. The average Bonchev–Trinajstić information content (AvgIpc) is 2.45. The van der Waals surface area contributed by atoms with Gasteiger partial charge in [-0.1, -0.05) is 12.1 Å². The predicted octanol–water partition coefficient (Wildman–Crippen LogP) is 3.72. The molecule has 0 amide bonds. The molecule has 0 aliphatic rings. The highest BCUT2D eigenvalue weighted by Crippen LogP contribution is 2.29. The van der Waals surface area contributed by atoms with Crippen molar-refractivity contribution in [1.82, 2.24) is 4.98 Å².